The molecule has 8 nitrogen and oxygen atoms in total. The Morgan fingerprint density at radius 3 is 2.58 bits per heavy atom. The molecule has 2 heterocycles. The number of benzene rings is 2. The van der Waals surface area contributed by atoms with E-state index >= 15 is 0 Å². The topological polar surface area (TPSA) is 101 Å². The predicted molar refractivity (Wildman–Crippen MR) is 126 cm³/mol. The fourth-order valence-electron chi connectivity index (χ4n) is 3.75. The molecule has 2 N–H and O–H groups in total. The van der Waals surface area contributed by atoms with Gasteiger partial charge in [-0.2, -0.15) is 13.2 Å². The fourth-order valence-corrected chi connectivity index (χ4v) is 3.75. The summed E-state index contributed by atoms with van der Waals surface area (Å²) in [6.45, 7) is 2.45. The second kappa shape index (κ2) is 9.33. The SMILES string of the molecule is CC1(C)C(=O)Nc2ccccc2N1C(=O)COC(=O)c1cccnc1Nc1cccc(C(F)(F)F)c1. The average Bonchev–Trinajstić information content (AvgIpc) is 2.83. The van der Waals surface area contributed by atoms with Crippen molar-refractivity contribution in [2.45, 2.75) is 25.6 Å². The Labute approximate surface area is 204 Å². The summed E-state index contributed by atoms with van der Waals surface area (Å²) in [5, 5.41) is 5.43. The molecule has 1 aromatic heterocycles. The van der Waals surface area contributed by atoms with Crippen molar-refractivity contribution in [3.05, 3.63) is 78.0 Å². The summed E-state index contributed by atoms with van der Waals surface area (Å²) in [6.07, 6.45) is -3.19. The first-order valence-electron chi connectivity index (χ1n) is 10.8. The number of fused-ring (bicyclic) bond motifs is 1. The number of para-hydroxylation sites is 2. The number of alkyl halides is 3. The first-order valence-corrected chi connectivity index (χ1v) is 10.8. The molecular weight excluding hydrogens is 477 g/mol. The summed E-state index contributed by atoms with van der Waals surface area (Å²) in [7, 11) is 0. The van der Waals surface area contributed by atoms with E-state index in [9.17, 15) is 27.6 Å². The van der Waals surface area contributed by atoms with Crippen molar-refractivity contribution in [1.29, 1.82) is 0 Å². The molecule has 0 radical (unpaired) electrons. The first kappa shape index (κ1) is 24.7. The van der Waals surface area contributed by atoms with Gasteiger partial charge in [0.2, 0.25) is 5.91 Å². The van der Waals surface area contributed by atoms with Gasteiger partial charge in [0.05, 0.1) is 16.9 Å². The molecular formula is C25H21F3N4O4. The molecule has 1 aliphatic heterocycles. The molecule has 0 bridgehead atoms. The lowest BCUT2D eigenvalue weighted by molar-refractivity contribution is -0.137. The van der Waals surface area contributed by atoms with Gasteiger partial charge in [0.1, 0.15) is 16.9 Å². The standard InChI is InChI=1S/C25H21F3N4O4/c1-24(2)23(35)31-18-10-3-4-11-19(18)32(24)20(33)14-36-22(34)17-9-6-12-29-21(17)30-16-8-5-7-15(13-16)25(26,27)28/h3-13H,14H2,1-2H3,(H,29,30)(H,31,35). The van der Waals surface area contributed by atoms with Gasteiger partial charge in [-0.1, -0.05) is 18.2 Å². The third kappa shape index (κ3) is 4.85. The van der Waals surface area contributed by atoms with Crippen molar-refractivity contribution in [2.24, 2.45) is 0 Å². The van der Waals surface area contributed by atoms with Gasteiger partial charge in [-0.3, -0.25) is 14.5 Å². The van der Waals surface area contributed by atoms with Gasteiger partial charge in [-0.25, -0.2) is 9.78 Å². The lowest BCUT2D eigenvalue weighted by Gasteiger charge is -2.41. The Kier molecular flexibility index (Phi) is 6.40. The van der Waals surface area contributed by atoms with Crippen molar-refractivity contribution in [1.82, 2.24) is 4.98 Å². The summed E-state index contributed by atoms with van der Waals surface area (Å²) in [5.74, 6) is -2.00. The van der Waals surface area contributed by atoms with Crippen LogP contribution in [0.2, 0.25) is 0 Å². The maximum Gasteiger partial charge on any atom is 0.416 e. The Balaban J connectivity index is 1.52. The van der Waals surface area contributed by atoms with Crippen LogP contribution in [0.1, 0.15) is 29.8 Å². The number of halogens is 3. The van der Waals surface area contributed by atoms with Crippen LogP contribution in [0.3, 0.4) is 0 Å². The second-order valence-corrected chi connectivity index (χ2v) is 8.44. The summed E-state index contributed by atoms with van der Waals surface area (Å²) in [4.78, 5) is 43.8. The highest BCUT2D eigenvalue weighted by Gasteiger charge is 2.43. The molecule has 0 saturated heterocycles. The van der Waals surface area contributed by atoms with Gasteiger partial charge < -0.3 is 15.4 Å². The number of carbonyl (C=O) groups is 3. The smallest absolute Gasteiger partial charge is 0.416 e. The van der Waals surface area contributed by atoms with Gasteiger partial charge >= 0.3 is 12.1 Å². The summed E-state index contributed by atoms with van der Waals surface area (Å²) >= 11 is 0. The zero-order valence-corrected chi connectivity index (χ0v) is 19.2. The molecule has 186 valence electrons. The van der Waals surface area contributed by atoms with E-state index in [1.54, 1.807) is 38.1 Å². The second-order valence-electron chi connectivity index (χ2n) is 8.44. The molecule has 4 rings (SSSR count). The number of hydrogen-bond donors (Lipinski definition) is 2. The number of pyridine rings is 1. The minimum absolute atomic E-state index is 0.0442. The molecule has 3 aromatic rings. The number of hydrogen-bond acceptors (Lipinski definition) is 6. The van der Waals surface area contributed by atoms with Crippen molar-refractivity contribution < 1.29 is 32.3 Å². The molecule has 0 atom stereocenters. The lowest BCUT2D eigenvalue weighted by atomic mass is 9.96. The fraction of sp³-hybridized carbons (Fsp3) is 0.200. The van der Waals surface area contributed by atoms with Gasteiger partial charge in [-0.15, -0.1) is 0 Å². The van der Waals surface area contributed by atoms with E-state index in [1.165, 1.54) is 35.4 Å². The normalized spacial score (nSPS) is 14.5. The Morgan fingerprint density at radius 2 is 1.83 bits per heavy atom. The van der Waals surface area contributed by atoms with Crippen LogP contribution < -0.4 is 15.5 Å². The van der Waals surface area contributed by atoms with E-state index in [4.69, 9.17) is 4.74 Å². The molecule has 1 aliphatic rings. The minimum atomic E-state index is -4.54. The highest BCUT2D eigenvalue weighted by Crippen LogP contribution is 2.37. The molecule has 0 saturated carbocycles. The zero-order chi connectivity index (χ0) is 26.1. The molecule has 0 unspecified atom stereocenters. The van der Waals surface area contributed by atoms with Crippen LogP contribution in [0.25, 0.3) is 0 Å². The third-order valence-electron chi connectivity index (χ3n) is 5.56. The van der Waals surface area contributed by atoms with Crippen molar-refractivity contribution in [3.63, 3.8) is 0 Å². The van der Waals surface area contributed by atoms with Crippen molar-refractivity contribution >= 4 is 40.7 Å². The molecule has 2 aromatic carbocycles. The third-order valence-corrected chi connectivity index (χ3v) is 5.56. The molecule has 11 heteroatoms. The van der Waals surface area contributed by atoms with E-state index < -0.39 is 41.7 Å². The Bertz CT molecular complexity index is 1340. The number of amides is 2. The Hall–Kier alpha value is -4.41. The van der Waals surface area contributed by atoms with Crippen LogP contribution in [-0.2, 0) is 20.5 Å². The molecule has 0 aliphatic carbocycles. The number of ether oxygens (including phenoxy) is 1. The molecule has 0 spiro atoms. The number of anilines is 4. The molecule has 0 fully saturated rings. The highest BCUT2D eigenvalue weighted by molar-refractivity contribution is 6.14. The number of nitrogens with zero attached hydrogens (tertiary/aromatic N) is 2. The van der Waals surface area contributed by atoms with E-state index in [0.29, 0.717) is 11.4 Å². The number of aromatic nitrogens is 1. The maximum atomic E-state index is 13.1. The van der Waals surface area contributed by atoms with Crippen molar-refractivity contribution in [2.75, 3.05) is 22.1 Å². The predicted octanol–water partition coefficient (Wildman–Crippen LogP) is 4.76. The largest absolute Gasteiger partial charge is 0.452 e. The zero-order valence-electron chi connectivity index (χ0n) is 19.2. The Morgan fingerprint density at radius 1 is 1.08 bits per heavy atom. The van der Waals surface area contributed by atoms with E-state index in [1.807, 2.05) is 0 Å². The van der Waals surface area contributed by atoms with Crippen molar-refractivity contribution in [3.8, 4) is 0 Å². The summed E-state index contributed by atoms with van der Waals surface area (Å²) in [5.41, 5.74) is -1.24. The highest BCUT2D eigenvalue weighted by atomic mass is 19.4. The van der Waals surface area contributed by atoms with Crippen LogP contribution in [0, 0.1) is 0 Å². The maximum absolute atomic E-state index is 13.1. The van der Waals surface area contributed by atoms with Crippen LogP contribution in [0.5, 0.6) is 0 Å². The van der Waals surface area contributed by atoms with Gasteiger partial charge in [0.25, 0.3) is 5.91 Å². The monoisotopic (exact) mass is 498 g/mol. The number of nitrogens with one attached hydrogen (secondary N) is 2. The molecule has 36 heavy (non-hydrogen) atoms. The van der Waals surface area contributed by atoms with Crippen LogP contribution in [0.4, 0.5) is 36.1 Å². The van der Waals surface area contributed by atoms with Gasteiger partial charge in [0.15, 0.2) is 6.61 Å². The number of carbonyl (C=O) groups excluding carboxylic acids is 3. The minimum Gasteiger partial charge on any atom is -0.452 e. The number of rotatable bonds is 5. The first-order chi connectivity index (χ1) is 17.0. The van der Waals surface area contributed by atoms with Gasteiger partial charge in [0, 0.05) is 11.9 Å². The quantitative estimate of drug-likeness (QED) is 0.492. The summed E-state index contributed by atoms with van der Waals surface area (Å²) < 4.78 is 44.3. The average molecular weight is 498 g/mol. The van der Waals surface area contributed by atoms with Crippen LogP contribution in [0.15, 0.2) is 66.9 Å². The van der Waals surface area contributed by atoms with Crippen LogP contribution >= 0.6 is 0 Å². The summed E-state index contributed by atoms with van der Waals surface area (Å²) in [6, 6.07) is 14.0. The lowest BCUT2D eigenvalue weighted by Crippen LogP contribution is -2.59. The van der Waals surface area contributed by atoms with E-state index in [0.717, 1.165) is 12.1 Å². The van der Waals surface area contributed by atoms with Crippen LogP contribution in [-0.4, -0.2) is 34.9 Å². The molecule has 2 amide bonds. The number of esters is 1. The van der Waals surface area contributed by atoms with E-state index in [-0.39, 0.29) is 17.1 Å². The van der Waals surface area contributed by atoms with E-state index in [2.05, 4.69) is 15.6 Å². The van der Waals surface area contributed by atoms with Gasteiger partial charge in [-0.05, 0) is 56.3 Å².